The fraction of sp³-hybridized carbons (Fsp3) is 0.409. The Morgan fingerprint density at radius 1 is 1.10 bits per heavy atom. The molecule has 29 heavy (non-hydrogen) atoms. The second-order valence-corrected chi connectivity index (χ2v) is 8.06. The summed E-state index contributed by atoms with van der Waals surface area (Å²) in [6.07, 6.45) is -1.34. The molecule has 2 aromatic carbocycles. The molecule has 0 aromatic heterocycles. The quantitative estimate of drug-likeness (QED) is 0.736. The minimum absolute atomic E-state index is 0.126. The first-order valence-corrected chi connectivity index (χ1v) is 9.44. The van der Waals surface area contributed by atoms with Crippen molar-refractivity contribution in [3.8, 4) is 0 Å². The highest BCUT2D eigenvalue weighted by Crippen LogP contribution is 2.16. The number of aliphatic hydroxyl groups excluding tert-OH is 1. The predicted molar refractivity (Wildman–Crippen MR) is 107 cm³/mol. The highest BCUT2D eigenvalue weighted by Gasteiger charge is 2.27. The maximum absolute atomic E-state index is 13.5. The van der Waals surface area contributed by atoms with Gasteiger partial charge in [-0.15, -0.1) is 0 Å². The molecule has 0 radical (unpaired) electrons. The molecule has 0 heterocycles. The summed E-state index contributed by atoms with van der Waals surface area (Å²) in [5.74, 6) is -1.49. The van der Waals surface area contributed by atoms with Crippen LogP contribution < -0.4 is 5.73 Å². The lowest BCUT2D eigenvalue weighted by Crippen LogP contribution is -2.47. The first-order valence-electron chi connectivity index (χ1n) is 9.44. The smallest absolute Gasteiger partial charge is 0.410 e. The van der Waals surface area contributed by atoms with E-state index in [-0.39, 0.29) is 18.7 Å². The van der Waals surface area contributed by atoms with Crippen molar-refractivity contribution >= 4 is 6.09 Å². The molecule has 0 aliphatic rings. The number of rotatable bonds is 7. The number of halogens is 2. The SMILES string of the molecule is CC(C)(C)OC(=O)N(Cc1cc(F)cc(F)c1)C[C@@H](O)C(N)Cc1ccccc1. The second-order valence-electron chi connectivity index (χ2n) is 8.06. The van der Waals surface area contributed by atoms with Crippen LogP contribution in [0.2, 0.25) is 0 Å². The predicted octanol–water partition coefficient (Wildman–Crippen LogP) is 3.63. The van der Waals surface area contributed by atoms with E-state index in [1.807, 2.05) is 30.3 Å². The van der Waals surface area contributed by atoms with E-state index < -0.39 is 35.5 Å². The zero-order valence-electron chi connectivity index (χ0n) is 16.9. The van der Waals surface area contributed by atoms with E-state index in [1.165, 1.54) is 4.90 Å². The van der Waals surface area contributed by atoms with Crippen molar-refractivity contribution in [2.45, 2.75) is 51.5 Å². The van der Waals surface area contributed by atoms with Crippen molar-refractivity contribution in [2.75, 3.05) is 6.54 Å². The molecule has 3 N–H and O–H groups in total. The van der Waals surface area contributed by atoms with Gasteiger partial charge in [-0.3, -0.25) is 0 Å². The number of aliphatic hydroxyl groups is 1. The second kappa shape index (κ2) is 9.80. The van der Waals surface area contributed by atoms with Crippen LogP contribution in [0.25, 0.3) is 0 Å². The fourth-order valence-electron chi connectivity index (χ4n) is 2.84. The number of ether oxygens (including phenoxy) is 1. The van der Waals surface area contributed by atoms with E-state index in [0.29, 0.717) is 6.42 Å². The Balaban J connectivity index is 2.14. The third kappa shape index (κ3) is 7.79. The topological polar surface area (TPSA) is 75.8 Å². The van der Waals surface area contributed by atoms with Crippen LogP contribution in [-0.2, 0) is 17.7 Å². The van der Waals surface area contributed by atoms with Crippen molar-refractivity contribution in [2.24, 2.45) is 5.73 Å². The van der Waals surface area contributed by atoms with Gasteiger partial charge in [0.25, 0.3) is 0 Å². The van der Waals surface area contributed by atoms with Gasteiger partial charge >= 0.3 is 6.09 Å². The van der Waals surface area contributed by atoms with Crippen molar-refractivity contribution in [1.82, 2.24) is 4.90 Å². The van der Waals surface area contributed by atoms with Crippen LogP contribution in [0.15, 0.2) is 48.5 Å². The highest BCUT2D eigenvalue weighted by molar-refractivity contribution is 5.68. The molecule has 0 aliphatic carbocycles. The molecular formula is C22H28F2N2O3. The molecular weight excluding hydrogens is 378 g/mol. The van der Waals surface area contributed by atoms with Crippen molar-refractivity contribution < 1.29 is 23.4 Å². The molecule has 2 rings (SSSR count). The van der Waals surface area contributed by atoms with Crippen LogP contribution in [0.1, 0.15) is 31.9 Å². The van der Waals surface area contributed by atoms with Gasteiger partial charge in [-0.1, -0.05) is 30.3 Å². The zero-order chi connectivity index (χ0) is 21.6. The van der Waals surface area contributed by atoms with Gasteiger partial charge in [-0.25, -0.2) is 13.6 Å². The van der Waals surface area contributed by atoms with Gasteiger partial charge in [-0.05, 0) is 50.5 Å². The third-order valence-electron chi connectivity index (χ3n) is 4.16. The van der Waals surface area contributed by atoms with E-state index in [1.54, 1.807) is 20.8 Å². The molecule has 0 fully saturated rings. The Labute approximate surface area is 170 Å². The summed E-state index contributed by atoms with van der Waals surface area (Å²) in [5.41, 5.74) is 6.55. The first-order chi connectivity index (χ1) is 13.5. The first kappa shape index (κ1) is 22.8. The summed E-state index contributed by atoms with van der Waals surface area (Å²) in [6.45, 7) is 4.87. The molecule has 0 bridgehead atoms. The van der Waals surface area contributed by atoms with E-state index in [9.17, 15) is 18.7 Å². The van der Waals surface area contributed by atoms with Gasteiger partial charge in [0.2, 0.25) is 0 Å². The number of benzene rings is 2. The number of carbonyl (C=O) groups excluding carboxylic acids is 1. The van der Waals surface area contributed by atoms with Crippen LogP contribution in [-0.4, -0.2) is 40.4 Å². The molecule has 158 valence electrons. The monoisotopic (exact) mass is 406 g/mol. The standard InChI is InChI=1S/C22H28F2N2O3/c1-22(2,3)29-21(28)26(13-16-9-17(23)12-18(24)10-16)14-20(27)19(25)11-15-7-5-4-6-8-15/h4-10,12,19-20,27H,11,13-14,25H2,1-3H3/t19?,20-/m1/s1. The summed E-state index contributed by atoms with van der Waals surface area (Å²) in [5, 5.41) is 10.6. The van der Waals surface area contributed by atoms with Gasteiger partial charge in [0.05, 0.1) is 12.6 Å². The van der Waals surface area contributed by atoms with Gasteiger partial charge in [0.15, 0.2) is 0 Å². The summed E-state index contributed by atoms with van der Waals surface area (Å²) in [6, 6.07) is 11.8. The largest absolute Gasteiger partial charge is 0.444 e. The molecule has 0 spiro atoms. The lowest BCUT2D eigenvalue weighted by Gasteiger charge is -2.30. The van der Waals surface area contributed by atoms with Crippen LogP contribution >= 0.6 is 0 Å². The fourth-order valence-corrected chi connectivity index (χ4v) is 2.84. The van der Waals surface area contributed by atoms with Crippen LogP contribution in [0.3, 0.4) is 0 Å². The molecule has 0 saturated carbocycles. The van der Waals surface area contributed by atoms with Crippen LogP contribution in [0.4, 0.5) is 13.6 Å². The minimum Gasteiger partial charge on any atom is -0.444 e. The van der Waals surface area contributed by atoms with E-state index >= 15 is 0 Å². The molecule has 0 aliphatic heterocycles. The Morgan fingerprint density at radius 3 is 2.24 bits per heavy atom. The molecule has 7 heteroatoms. The summed E-state index contributed by atoms with van der Waals surface area (Å²) < 4.78 is 32.5. The number of hydrogen-bond acceptors (Lipinski definition) is 4. The van der Waals surface area contributed by atoms with Gasteiger partial charge in [0, 0.05) is 18.7 Å². The molecule has 1 unspecified atom stereocenters. The lowest BCUT2D eigenvalue weighted by atomic mass is 10.0. The summed E-state index contributed by atoms with van der Waals surface area (Å²) >= 11 is 0. The van der Waals surface area contributed by atoms with Gasteiger partial charge in [0.1, 0.15) is 17.2 Å². The average Bonchev–Trinajstić information content (AvgIpc) is 2.59. The lowest BCUT2D eigenvalue weighted by molar-refractivity contribution is 0.00991. The Kier molecular flexibility index (Phi) is 7.70. The number of carbonyl (C=O) groups is 1. The van der Waals surface area contributed by atoms with E-state index in [2.05, 4.69) is 0 Å². The van der Waals surface area contributed by atoms with Crippen LogP contribution in [0, 0.1) is 11.6 Å². The number of nitrogens with zero attached hydrogens (tertiary/aromatic N) is 1. The summed E-state index contributed by atoms with van der Waals surface area (Å²) in [4.78, 5) is 13.8. The maximum atomic E-state index is 13.5. The molecule has 2 atom stereocenters. The van der Waals surface area contributed by atoms with Gasteiger partial charge in [-0.2, -0.15) is 0 Å². The molecule has 0 saturated heterocycles. The molecule has 2 aromatic rings. The minimum atomic E-state index is -1.05. The number of hydrogen-bond donors (Lipinski definition) is 2. The molecule has 1 amide bonds. The molecule has 5 nitrogen and oxygen atoms in total. The van der Waals surface area contributed by atoms with Crippen molar-refractivity contribution in [3.63, 3.8) is 0 Å². The Morgan fingerprint density at radius 2 is 1.69 bits per heavy atom. The number of amides is 1. The van der Waals surface area contributed by atoms with Gasteiger partial charge < -0.3 is 20.5 Å². The van der Waals surface area contributed by atoms with E-state index in [4.69, 9.17) is 10.5 Å². The Hall–Kier alpha value is -2.51. The highest BCUT2D eigenvalue weighted by atomic mass is 19.1. The number of nitrogens with two attached hydrogens (primary N) is 1. The summed E-state index contributed by atoms with van der Waals surface area (Å²) in [7, 11) is 0. The van der Waals surface area contributed by atoms with Crippen molar-refractivity contribution in [3.05, 3.63) is 71.3 Å². The van der Waals surface area contributed by atoms with Crippen molar-refractivity contribution in [1.29, 1.82) is 0 Å². The zero-order valence-corrected chi connectivity index (χ0v) is 16.9. The van der Waals surface area contributed by atoms with Crippen LogP contribution in [0.5, 0.6) is 0 Å². The van der Waals surface area contributed by atoms with E-state index in [0.717, 1.165) is 23.8 Å². The third-order valence-corrected chi connectivity index (χ3v) is 4.16. The normalized spacial score (nSPS) is 13.6. The average molecular weight is 406 g/mol. The Bertz CT molecular complexity index is 789. The maximum Gasteiger partial charge on any atom is 0.410 e.